The largest absolute Gasteiger partial charge is 0.416 e. The Bertz CT molecular complexity index is 1400. The van der Waals surface area contributed by atoms with Gasteiger partial charge in [0.25, 0.3) is 5.91 Å². The van der Waals surface area contributed by atoms with E-state index in [9.17, 15) is 23.1 Å². The minimum atomic E-state index is -4.55. The molecule has 0 bridgehead atoms. The number of carbonyl (C=O) groups excluding carboxylic acids is 1. The number of carbonyl (C=O) groups is 1. The Kier molecular flexibility index (Phi) is 6.42. The van der Waals surface area contributed by atoms with Crippen LogP contribution in [0.15, 0.2) is 55.0 Å². The number of nitrogens with zero attached hydrogens (tertiary/aromatic N) is 4. The van der Waals surface area contributed by atoms with Crippen molar-refractivity contribution in [1.29, 1.82) is 0 Å². The molecule has 1 aliphatic rings. The molecule has 3 N–H and O–H groups in total. The van der Waals surface area contributed by atoms with Crippen molar-refractivity contribution in [3.05, 3.63) is 71.8 Å². The van der Waals surface area contributed by atoms with Crippen molar-refractivity contribution in [3.8, 4) is 11.1 Å². The predicted octanol–water partition coefficient (Wildman–Crippen LogP) is 4.25. The zero-order valence-electron chi connectivity index (χ0n) is 19.1. The summed E-state index contributed by atoms with van der Waals surface area (Å²) >= 11 is 0. The van der Waals surface area contributed by atoms with Crippen LogP contribution in [-0.2, 0) is 12.7 Å². The van der Waals surface area contributed by atoms with Crippen molar-refractivity contribution in [2.45, 2.75) is 31.7 Å². The first-order valence-corrected chi connectivity index (χ1v) is 11.4. The number of anilines is 1. The maximum Gasteiger partial charge on any atom is 0.416 e. The van der Waals surface area contributed by atoms with Gasteiger partial charge in [0.05, 0.1) is 17.2 Å². The lowest BCUT2D eigenvalue weighted by Gasteiger charge is -2.29. The van der Waals surface area contributed by atoms with Crippen LogP contribution in [0.1, 0.15) is 34.5 Å². The summed E-state index contributed by atoms with van der Waals surface area (Å²) < 4.78 is 39.0. The fourth-order valence-electron chi connectivity index (χ4n) is 4.28. The first-order valence-electron chi connectivity index (χ1n) is 11.4. The van der Waals surface area contributed by atoms with Crippen LogP contribution in [-0.4, -0.2) is 55.3 Å². The number of nitrogens with one attached hydrogen (secondary N) is 2. The first kappa shape index (κ1) is 23.9. The Morgan fingerprint density at radius 3 is 2.69 bits per heavy atom. The number of hydrogen-bond donors (Lipinski definition) is 3. The van der Waals surface area contributed by atoms with Crippen LogP contribution >= 0.6 is 0 Å². The molecule has 1 aromatic carbocycles. The molecule has 36 heavy (non-hydrogen) atoms. The van der Waals surface area contributed by atoms with Crippen LogP contribution in [0.3, 0.4) is 0 Å². The van der Waals surface area contributed by atoms with Gasteiger partial charge in [0.1, 0.15) is 5.82 Å². The van der Waals surface area contributed by atoms with Crippen molar-refractivity contribution in [2.24, 2.45) is 0 Å². The van der Waals surface area contributed by atoms with E-state index in [-0.39, 0.29) is 17.6 Å². The van der Waals surface area contributed by atoms with Gasteiger partial charge in [-0.1, -0.05) is 6.07 Å². The molecule has 0 atom stereocenters. The number of benzene rings is 1. The Morgan fingerprint density at radius 1 is 1.11 bits per heavy atom. The second-order valence-electron chi connectivity index (χ2n) is 8.80. The Labute approximate surface area is 204 Å². The molecule has 0 unspecified atom stereocenters. The van der Waals surface area contributed by atoms with E-state index in [1.165, 1.54) is 0 Å². The lowest BCUT2D eigenvalue weighted by atomic mass is 10.0. The third-order valence-electron chi connectivity index (χ3n) is 6.20. The number of H-pyrrole nitrogens is 1. The number of likely N-dealkylation sites (tertiary alicyclic amines) is 1. The lowest BCUT2D eigenvalue weighted by molar-refractivity contribution is -0.137. The van der Waals surface area contributed by atoms with Crippen LogP contribution in [0.25, 0.3) is 22.0 Å². The summed E-state index contributed by atoms with van der Waals surface area (Å²) in [6, 6.07) is 9.11. The smallest absolute Gasteiger partial charge is 0.393 e. The molecule has 186 valence electrons. The number of aromatic nitrogens is 4. The van der Waals surface area contributed by atoms with E-state index < -0.39 is 17.6 Å². The number of hydrogen-bond acceptors (Lipinski definition) is 6. The number of alkyl halides is 3. The van der Waals surface area contributed by atoms with Crippen LogP contribution in [0.5, 0.6) is 0 Å². The summed E-state index contributed by atoms with van der Waals surface area (Å²) in [5, 5.41) is 19.5. The molecule has 0 radical (unpaired) electrons. The lowest BCUT2D eigenvalue weighted by Crippen LogP contribution is -2.35. The van der Waals surface area contributed by atoms with E-state index in [0.29, 0.717) is 10.9 Å². The van der Waals surface area contributed by atoms with Crippen molar-refractivity contribution >= 4 is 22.6 Å². The summed E-state index contributed by atoms with van der Waals surface area (Å²) in [7, 11) is 0. The summed E-state index contributed by atoms with van der Waals surface area (Å²) in [5.74, 6) is -0.895. The highest BCUT2D eigenvalue weighted by Crippen LogP contribution is 2.30. The molecule has 0 aliphatic carbocycles. The van der Waals surface area contributed by atoms with Gasteiger partial charge in [0.2, 0.25) is 0 Å². The van der Waals surface area contributed by atoms with Gasteiger partial charge < -0.3 is 10.4 Å². The summed E-state index contributed by atoms with van der Waals surface area (Å²) in [6.07, 6.45) is 1.27. The number of fused-ring (bicyclic) bond motifs is 1. The van der Waals surface area contributed by atoms with E-state index in [2.05, 4.69) is 30.4 Å². The molecule has 4 heterocycles. The van der Waals surface area contributed by atoms with E-state index in [1.54, 1.807) is 18.3 Å². The topological polar surface area (TPSA) is 107 Å². The minimum Gasteiger partial charge on any atom is -0.393 e. The van der Waals surface area contributed by atoms with Crippen molar-refractivity contribution < 1.29 is 23.1 Å². The average molecular weight is 496 g/mol. The van der Waals surface area contributed by atoms with E-state index >= 15 is 0 Å². The molecule has 1 aliphatic heterocycles. The van der Waals surface area contributed by atoms with Crippen LogP contribution in [0.4, 0.5) is 19.0 Å². The van der Waals surface area contributed by atoms with Crippen molar-refractivity contribution in [2.75, 3.05) is 18.4 Å². The SMILES string of the molecule is O=C(Nc1cc(C(F)(F)F)ccn1)c1n[nH]c2ccc(-c3cncc(CN4CCC(O)CC4)c3)cc12. The van der Waals surface area contributed by atoms with Crippen molar-refractivity contribution in [3.63, 3.8) is 0 Å². The fourth-order valence-corrected chi connectivity index (χ4v) is 4.28. The van der Waals surface area contributed by atoms with Crippen molar-refractivity contribution in [1.82, 2.24) is 25.1 Å². The number of halogens is 3. The Hall–Kier alpha value is -3.83. The van der Waals surface area contributed by atoms with Gasteiger partial charge in [-0.3, -0.25) is 19.8 Å². The minimum absolute atomic E-state index is 0.0436. The Morgan fingerprint density at radius 2 is 1.92 bits per heavy atom. The molecule has 5 rings (SSSR count). The zero-order chi connectivity index (χ0) is 25.3. The molecule has 11 heteroatoms. The number of aliphatic hydroxyl groups is 1. The number of rotatable bonds is 5. The molecule has 1 fully saturated rings. The quantitative estimate of drug-likeness (QED) is 0.382. The van der Waals surface area contributed by atoms with E-state index in [0.717, 1.165) is 67.5 Å². The monoisotopic (exact) mass is 496 g/mol. The molecule has 1 amide bonds. The molecule has 4 aromatic rings. The number of pyridine rings is 2. The summed E-state index contributed by atoms with van der Waals surface area (Å²) in [4.78, 5) is 23.3. The van der Waals surface area contributed by atoms with Gasteiger partial charge in [0.15, 0.2) is 5.69 Å². The fraction of sp³-hybridized carbons (Fsp3) is 0.280. The third-order valence-corrected chi connectivity index (χ3v) is 6.20. The number of aliphatic hydroxyl groups excluding tert-OH is 1. The highest BCUT2D eigenvalue weighted by molar-refractivity contribution is 6.11. The van der Waals surface area contributed by atoms with Gasteiger partial charge in [-0.25, -0.2) is 4.98 Å². The van der Waals surface area contributed by atoms with E-state index in [1.807, 2.05) is 18.3 Å². The average Bonchev–Trinajstić information content (AvgIpc) is 3.29. The molecule has 8 nitrogen and oxygen atoms in total. The highest BCUT2D eigenvalue weighted by atomic mass is 19.4. The number of piperidine rings is 1. The number of aromatic amines is 1. The maximum absolute atomic E-state index is 13.0. The maximum atomic E-state index is 13.0. The molecule has 0 spiro atoms. The molecular formula is C25H23F3N6O2. The van der Waals surface area contributed by atoms with Crippen LogP contribution < -0.4 is 5.32 Å². The van der Waals surface area contributed by atoms with Gasteiger partial charge in [-0.05, 0) is 54.3 Å². The van der Waals surface area contributed by atoms with Gasteiger partial charge in [0, 0.05) is 49.2 Å². The predicted molar refractivity (Wildman–Crippen MR) is 127 cm³/mol. The summed E-state index contributed by atoms with van der Waals surface area (Å²) in [5.41, 5.74) is 2.45. The van der Waals surface area contributed by atoms with Gasteiger partial charge >= 0.3 is 6.18 Å². The first-order chi connectivity index (χ1) is 17.3. The van der Waals surface area contributed by atoms with Gasteiger partial charge in [-0.2, -0.15) is 18.3 Å². The molecule has 1 saturated heterocycles. The molecular weight excluding hydrogens is 473 g/mol. The van der Waals surface area contributed by atoms with Gasteiger partial charge in [-0.15, -0.1) is 0 Å². The third kappa shape index (κ3) is 5.21. The van der Waals surface area contributed by atoms with E-state index in [4.69, 9.17) is 0 Å². The second-order valence-corrected chi connectivity index (χ2v) is 8.80. The van der Waals surface area contributed by atoms with Crippen LogP contribution in [0.2, 0.25) is 0 Å². The summed E-state index contributed by atoms with van der Waals surface area (Å²) in [6.45, 7) is 2.37. The number of amides is 1. The standard InChI is InChI=1S/C25H23F3N6O2/c26-25(27,28)18-3-6-30-22(11-18)31-24(36)23-20-10-16(1-2-21(20)32-33-23)17-9-15(12-29-13-17)14-34-7-4-19(35)5-8-34/h1-3,6,9-13,19,35H,4-5,7-8,14H2,(H,32,33)(H,30,31,36). The molecule has 3 aromatic heterocycles. The Balaban J connectivity index is 1.37. The second kappa shape index (κ2) is 9.67. The normalized spacial score (nSPS) is 15.3. The zero-order valence-corrected chi connectivity index (χ0v) is 19.1. The highest BCUT2D eigenvalue weighted by Gasteiger charge is 2.31. The van der Waals surface area contributed by atoms with Crippen LogP contribution in [0, 0.1) is 0 Å². The molecule has 0 saturated carbocycles.